The summed E-state index contributed by atoms with van der Waals surface area (Å²) in [6, 6.07) is 16.4. The molecule has 0 saturated carbocycles. The van der Waals surface area contributed by atoms with Gasteiger partial charge in [0.1, 0.15) is 11.6 Å². The maximum absolute atomic E-state index is 13.5. The van der Waals surface area contributed by atoms with Crippen LogP contribution in [0.25, 0.3) is 10.8 Å². The van der Waals surface area contributed by atoms with Crippen molar-refractivity contribution >= 4 is 26.7 Å². The summed E-state index contributed by atoms with van der Waals surface area (Å²) in [5, 5.41) is 1.91. The van der Waals surface area contributed by atoms with Crippen molar-refractivity contribution in [3.05, 3.63) is 72.0 Å². The summed E-state index contributed by atoms with van der Waals surface area (Å²) in [4.78, 5) is 14.8. The van der Waals surface area contributed by atoms with E-state index >= 15 is 0 Å². The zero-order valence-electron chi connectivity index (χ0n) is 17.1. The van der Waals surface area contributed by atoms with Crippen LogP contribution < -0.4 is 4.74 Å². The lowest BCUT2D eigenvalue weighted by molar-refractivity contribution is 0.0694. The predicted molar refractivity (Wildman–Crippen MR) is 116 cm³/mol. The minimum Gasteiger partial charge on any atom is -0.493 e. The number of piperazine rings is 1. The molecule has 31 heavy (non-hydrogen) atoms. The second kappa shape index (κ2) is 8.64. The number of ether oxygens (including phenoxy) is 1. The van der Waals surface area contributed by atoms with Crippen LogP contribution in [0.4, 0.5) is 4.39 Å². The fourth-order valence-electron chi connectivity index (χ4n) is 3.74. The van der Waals surface area contributed by atoms with Gasteiger partial charge in [-0.15, -0.1) is 0 Å². The molecule has 1 aliphatic heterocycles. The molecule has 0 radical (unpaired) electrons. The number of halogens is 1. The van der Waals surface area contributed by atoms with Crippen molar-refractivity contribution in [1.29, 1.82) is 0 Å². The highest BCUT2D eigenvalue weighted by molar-refractivity contribution is 7.89. The quantitative estimate of drug-likeness (QED) is 0.606. The zero-order valence-corrected chi connectivity index (χ0v) is 17.9. The summed E-state index contributed by atoms with van der Waals surface area (Å²) in [6.07, 6.45) is 0. The van der Waals surface area contributed by atoms with E-state index in [0.717, 1.165) is 16.8 Å². The SMILES string of the molecule is CCOc1cc2ccccc2cc1C(=O)N1CCN(S(=O)(=O)c2cccc(F)c2)CC1. The number of hydrogen-bond acceptors (Lipinski definition) is 4. The van der Waals surface area contributed by atoms with Crippen LogP contribution >= 0.6 is 0 Å². The molecule has 0 spiro atoms. The topological polar surface area (TPSA) is 66.9 Å². The van der Waals surface area contributed by atoms with E-state index in [9.17, 15) is 17.6 Å². The Kier molecular flexibility index (Phi) is 5.93. The second-order valence-electron chi connectivity index (χ2n) is 7.28. The first-order valence-electron chi connectivity index (χ1n) is 10.1. The third-order valence-electron chi connectivity index (χ3n) is 5.34. The van der Waals surface area contributed by atoms with Crippen LogP contribution in [0.1, 0.15) is 17.3 Å². The summed E-state index contributed by atoms with van der Waals surface area (Å²) in [6.45, 7) is 3.06. The van der Waals surface area contributed by atoms with Gasteiger partial charge in [-0.1, -0.05) is 30.3 Å². The van der Waals surface area contributed by atoms with E-state index in [-0.39, 0.29) is 37.0 Å². The fourth-order valence-corrected chi connectivity index (χ4v) is 5.19. The smallest absolute Gasteiger partial charge is 0.257 e. The molecule has 1 saturated heterocycles. The van der Waals surface area contributed by atoms with Crippen LogP contribution in [0.5, 0.6) is 5.75 Å². The summed E-state index contributed by atoms with van der Waals surface area (Å²) in [5.74, 6) is -0.285. The Hall–Kier alpha value is -2.97. The number of benzene rings is 3. The molecule has 0 bridgehead atoms. The molecule has 8 heteroatoms. The highest BCUT2D eigenvalue weighted by atomic mass is 32.2. The molecule has 6 nitrogen and oxygen atoms in total. The average Bonchev–Trinajstić information content (AvgIpc) is 2.78. The van der Waals surface area contributed by atoms with Gasteiger partial charge in [0.25, 0.3) is 5.91 Å². The molecule has 0 aromatic heterocycles. The van der Waals surface area contributed by atoms with Gasteiger partial charge in [0.2, 0.25) is 10.0 Å². The Bertz CT molecular complexity index is 1220. The summed E-state index contributed by atoms with van der Waals surface area (Å²) < 4.78 is 46.1. The van der Waals surface area contributed by atoms with Gasteiger partial charge in [0.05, 0.1) is 17.1 Å². The first-order chi connectivity index (χ1) is 14.9. The molecule has 0 unspecified atom stereocenters. The van der Waals surface area contributed by atoms with E-state index < -0.39 is 15.8 Å². The molecule has 1 amide bonds. The molecule has 162 valence electrons. The number of carbonyl (C=O) groups is 1. The standard InChI is InChI=1S/C23H23FN2O4S/c1-2-30-22-15-18-7-4-3-6-17(18)14-21(22)23(27)25-10-12-26(13-11-25)31(28,29)20-9-5-8-19(24)16-20/h3-9,14-16H,2,10-13H2,1H3. The molecular weight excluding hydrogens is 419 g/mol. The third-order valence-corrected chi connectivity index (χ3v) is 7.23. The van der Waals surface area contributed by atoms with E-state index in [4.69, 9.17) is 4.74 Å². The first-order valence-corrected chi connectivity index (χ1v) is 11.5. The number of rotatable bonds is 5. The minimum atomic E-state index is -3.81. The first kappa shape index (κ1) is 21.3. The molecule has 0 atom stereocenters. The lowest BCUT2D eigenvalue weighted by atomic mass is 10.0. The van der Waals surface area contributed by atoms with E-state index in [1.54, 1.807) is 4.90 Å². The van der Waals surface area contributed by atoms with Gasteiger partial charge in [0, 0.05) is 26.2 Å². The van der Waals surface area contributed by atoms with Gasteiger partial charge in [0.15, 0.2) is 0 Å². The molecule has 0 N–H and O–H groups in total. The Labute approximate surface area is 180 Å². The number of nitrogens with zero attached hydrogens (tertiary/aromatic N) is 2. The third kappa shape index (κ3) is 4.26. The Morgan fingerprint density at radius 3 is 2.29 bits per heavy atom. The molecular formula is C23H23FN2O4S. The second-order valence-corrected chi connectivity index (χ2v) is 9.22. The van der Waals surface area contributed by atoms with Crippen molar-refractivity contribution in [3.8, 4) is 5.75 Å². The maximum Gasteiger partial charge on any atom is 0.257 e. The average molecular weight is 443 g/mol. The maximum atomic E-state index is 13.5. The summed E-state index contributed by atoms with van der Waals surface area (Å²) >= 11 is 0. The van der Waals surface area contributed by atoms with Gasteiger partial charge in [-0.3, -0.25) is 4.79 Å². The Balaban J connectivity index is 1.54. The number of carbonyl (C=O) groups excluding carboxylic acids is 1. The Morgan fingerprint density at radius 1 is 0.968 bits per heavy atom. The van der Waals surface area contributed by atoms with E-state index in [0.29, 0.717) is 17.9 Å². The molecule has 1 aliphatic rings. The lowest BCUT2D eigenvalue weighted by Crippen LogP contribution is -2.50. The largest absolute Gasteiger partial charge is 0.493 e. The Morgan fingerprint density at radius 2 is 1.65 bits per heavy atom. The summed E-state index contributed by atoms with van der Waals surface area (Å²) in [7, 11) is -3.81. The van der Waals surface area contributed by atoms with Gasteiger partial charge < -0.3 is 9.64 Å². The van der Waals surface area contributed by atoms with Crippen LogP contribution in [0, 0.1) is 5.82 Å². The minimum absolute atomic E-state index is 0.0829. The highest BCUT2D eigenvalue weighted by Crippen LogP contribution is 2.28. The van der Waals surface area contributed by atoms with Gasteiger partial charge in [-0.2, -0.15) is 4.31 Å². The van der Waals surface area contributed by atoms with Crippen LogP contribution in [0.15, 0.2) is 65.6 Å². The molecule has 3 aromatic carbocycles. The lowest BCUT2D eigenvalue weighted by Gasteiger charge is -2.34. The van der Waals surface area contributed by atoms with Crippen LogP contribution in [-0.2, 0) is 10.0 Å². The normalized spacial score (nSPS) is 15.2. The van der Waals surface area contributed by atoms with Gasteiger partial charge in [-0.25, -0.2) is 12.8 Å². The van der Waals surface area contributed by atoms with Crippen molar-refractivity contribution < 1.29 is 22.3 Å². The molecule has 0 aliphatic carbocycles. The predicted octanol–water partition coefficient (Wildman–Crippen LogP) is 3.52. The summed E-state index contributed by atoms with van der Waals surface area (Å²) in [5.41, 5.74) is 0.460. The molecule has 3 aromatic rings. The van der Waals surface area contributed by atoms with Crippen molar-refractivity contribution in [2.24, 2.45) is 0 Å². The fraction of sp³-hybridized carbons (Fsp3) is 0.261. The number of amides is 1. The van der Waals surface area contributed by atoms with Crippen LogP contribution in [0.2, 0.25) is 0 Å². The number of sulfonamides is 1. The van der Waals surface area contributed by atoms with Crippen molar-refractivity contribution in [2.75, 3.05) is 32.8 Å². The zero-order chi connectivity index (χ0) is 22.0. The highest BCUT2D eigenvalue weighted by Gasteiger charge is 2.31. The number of fused-ring (bicyclic) bond motifs is 1. The molecule has 1 heterocycles. The van der Waals surface area contributed by atoms with Crippen molar-refractivity contribution in [1.82, 2.24) is 9.21 Å². The van der Waals surface area contributed by atoms with Gasteiger partial charge >= 0.3 is 0 Å². The monoisotopic (exact) mass is 442 g/mol. The van der Waals surface area contributed by atoms with Gasteiger partial charge in [-0.05, 0) is 48.0 Å². The van der Waals surface area contributed by atoms with Crippen LogP contribution in [0.3, 0.4) is 0 Å². The van der Waals surface area contributed by atoms with E-state index in [1.807, 2.05) is 43.3 Å². The van der Waals surface area contributed by atoms with E-state index in [1.165, 1.54) is 22.5 Å². The van der Waals surface area contributed by atoms with Crippen LogP contribution in [-0.4, -0.2) is 56.3 Å². The van der Waals surface area contributed by atoms with Crippen molar-refractivity contribution in [3.63, 3.8) is 0 Å². The number of hydrogen-bond donors (Lipinski definition) is 0. The molecule has 4 rings (SSSR count). The van der Waals surface area contributed by atoms with E-state index in [2.05, 4.69) is 0 Å². The van der Waals surface area contributed by atoms with Crippen molar-refractivity contribution in [2.45, 2.75) is 11.8 Å². The molecule has 1 fully saturated rings.